The number of carbonyl (C=O) groups excluding carboxylic acids is 1. The van der Waals surface area contributed by atoms with Crippen molar-refractivity contribution in [2.75, 3.05) is 0 Å². The van der Waals surface area contributed by atoms with E-state index >= 15 is 0 Å². The van der Waals surface area contributed by atoms with Gasteiger partial charge in [-0.2, -0.15) is 5.10 Å². The largest absolute Gasteiger partial charge is 0.294 e. The Hall–Kier alpha value is -1.90. The van der Waals surface area contributed by atoms with Gasteiger partial charge in [-0.3, -0.25) is 9.48 Å². The summed E-state index contributed by atoms with van der Waals surface area (Å²) in [5.41, 5.74) is 2.95. The lowest BCUT2D eigenvalue weighted by Gasteiger charge is -2.11. The molecule has 3 nitrogen and oxygen atoms in total. The van der Waals surface area contributed by atoms with Crippen LogP contribution in [0, 0.1) is 0 Å². The zero-order valence-electron chi connectivity index (χ0n) is 11.1. The predicted molar refractivity (Wildman–Crippen MR) is 72.7 cm³/mol. The molecule has 0 amide bonds. The minimum absolute atomic E-state index is 0.180. The number of hydrogen-bond acceptors (Lipinski definition) is 2. The van der Waals surface area contributed by atoms with Gasteiger partial charge in [0.1, 0.15) is 0 Å². The van der Waals surface area contributed by atoms with Gasteiger partial charge >= 0.3 is 0 Å². The molecule has 0 spiro atoms. The monoisotopic (exact) mass is 242 g/mol. The molecule has 0 unspecified atom stereocenters. The Labute approximate surface area is 107 Å². The average Bonchev–Trinajstić information content (AvgIpc) is 2.87. The summed E-state index contributed by atoms with van der Waals surface area (Å²) in [5, 5.41) is 4.32. The van der Waals surface area contributed by atoms with Crippen LogP contribution in [0.15, 0.2) is 36.5 Å². The first-order valence-corrected chi connectivity index (χ1v) is 6.30. The minimum Gasteiger partial charge on any atom is -0.294 e. The van der Waals surface area contributed by atoms with Gasteiger partial charge in [0, 0.05) is 24.2 Å². The van der Waals surface area contributed by atoms with E-state index in [1.165, 1.54) is 0 Å². The molecule has 0 N–H and O–H groups in total. The maximum Gasteiger partial charge on any atom is 0.162 e. The van der Waals surface area contributed by atoms with E-state index < -0.39 is 0 Å². The number of hydrogen-bond donors (Lipinski definition) is 0. The first kappa shape index (κ1) is 12.6. The quantitative estimate of drug-likeness (QED) is 0.766. The molecule has 0 saturated carbocycles. The van der Waals surface area contributed by atoms with E-state index in [-0.39, 0.29) is 5.78 Å². The van der Waals surface area contributed by atoms with Crippen LogP contribution in [-0.4, -0.2) is 15.6 Å². The number of benzene rings is 1. The van der Waals surface area contributed by atoms with Crippen molar-refractivity contribution in [3.05, 3.63) is 42.1 Å². The molecule has 0 atom stereocenters. The Morgan fingerprint density at radius 1 is 1.22 bits per heavy atom. The second-order valence-electron chi connectivity index (χ2n) is 4.61. The normalized spacial score (nSPS) is 10.9. The molecular weight excluding hydrogens is 224 g/mol. The lowest BCUT2D eigenvalue weighted by atomic mass is 10.0. The highest BCUT2D eigenvalue weighted by Gasteiger charge is 2.09. The molecule has 94 valence electrons. The summed E-state index contributed by atoms with van der Waals surface area (Å²) >= 11 is 0. The molecular formula is C15H18N2O. The van der Waals surface area contributed by atoms with Crippen molar-refractivity contribution in [2.24, 2.45) is 0 Å². The molecule has 1 aromatic carbocycles. The van der Waals surface area contributed by atoms with Crippen molar-refractivity contribution in [1.82, 2.24) is 9.78 Å². The number of nitrogens with zero attached hydrogens (tertiary/aromatic N) is 2. The van der Waals surface area contributed by atoms with Gasteiger partial charge in [-0.25, -0.2) is 0 Å². The van der Waals surface area contributed by atoms with Gasteiger partial charge in [-0.15, -0.1) is 0 Å². The molecule has 0 fully saturated rings. The van der Waals surface area contributed by atoms with E-state index in [1.807, 2.05) is 41.9 Å². The van der Waals surface area contributed by atoms with Crippen LogP contribution in [0.2, 0.25) is 0 Å². The standard InChI is InChI=1S/C15H18N2O/c1-4-15(18)13-7-5-12(6-8-13)14-9-10-16-17(14)11(2)3/h5-11H,4H2,1-3H3. The van der Waals surface area contributed by atoms with E-state index in [2.05, 4.69) is 18.9 Å². The van der Waals surface area contributed by atoms with Crippen molar-refractivity contribution in [2.45, 2.75) is 33.2 Å². The van der Waals surface area contributed by atoms with Gasteiger partial charge in [-0.1, -0.05) is 31.2 Å². The average molecular weight is 242 g/mol. The maximum absolute atomic E-state index is 11.6. The number of ketones is 1. The van der Waals surface area contributed by atoms with Crippen LogP contribution in [0.25, 0.3) is 11.3 Å². The first-order chi connectivity index (χ1) is 8.63. The minimum atomic E-state index is 0.180. The van der Waals surface area contributed by atoms with Gasteiger partial charge in [0.05, 0.1) is 5.69 Å². The van der Waals surface area contributed by atoms with Crippen LogP contribution in [0.4, 0.5) is 0 Å². The molecule has 2 aromatic rings. The fourth-order valence-corrected chi connectivity index (χ4v) is 1.99. The Morgan fingerprint density at radius 2 is 1.89 bits per heavy atom. The molecule has 1 aromatic heterocycles. The topological polar surface area (TPSA) is 34.9 Å². The molecule has 1 heterocycles. The lowest BCUT2D eigenvalue weighted by molar-refractivity contribution is 0.0988. The molecule has 0 saturated heterocycles. The summed E-state index contributed by atoms with van der Waals surface area (Å²) in [5.74, 6) is 0.180. The third-order valence-corrected chi connectivity index (χ3v) is 2.98. The van der Waals surface area contributed by atoms with Crippen molar-refractivity contribution < 1.29 is 4.79 Å². The highest BCUT2D eigenvalue weighted by Crippen LogP contribution is 2.22. The van der Waals surface area contributed by atoms with Crippen molar-refractivity contribution in [1.29, 1.82) is 0 Å². The molecule has 0 bridgehead atoms. The van der Waals surface area contributed by atoms with Crippen LogP contribution in [-0.2, 0) is 0 Å². The van der Waals surface area contributed by atoms with Crippen LogP contribution in [0.3, 0.4) is 0 Å². The third kappa shape index (κ3) is 2.35. The zero-order chi connectivity index (χ0) is 13.1. The Kier molecular flexibility index (Phi) is 3.60. The highest BCUT2D eigenvalue weighted by molar-refractivity contribution is 5.96. The second-order valence-corrected chi connectivity index (χ2v) is 4.61. The van der Waals surface area contributed by atoms with Gasteiger partial charge in [0.25, 0.3) is 0 Å². The first-order valence-electron chi connectivity index (χ1n) is 6.30. The van der Waals surface area contributed by atoms with E-state index in [0.29, 0.717) is 12.5 Å². The van der Waals surface area contributed by atoms with Gasteiger partial charge < -0.3 is 0 Å². The van der Waals surface area contributed by atoms with Gasteiger partial charge in [0.2, 0.25) is 0 Å². The van der Waals surface area contributed by atoms with Gasteiger partial charge in [-0.05, 0) is 25.5 Å². The number of aromatic nitrogens is 2. The smallest absolute Gasteiger partial charge is 0.162 e. The second kappa shape index (κ2) is 5.17. The fourth-order valence-electron chi connectivity index (χ4n) is 1.99. The molecule has 0 aliphatic rings. The van der Waals surface area contributed by atoms with E-state index in [4.69, 9.17) is 0 Å². The summed E-state index contributed by atoms with van der Waals surface area (Å²) in [7, 11) is 0. The third-order valence-electron chi connectivity index (χ3n) is 2.98. The Bertz CT molecular complexity index is 538. The summed E-state index contributed by atoms with van der Waals surface area (Å²) in [6, 6.07) is 10.1. The Morgan fingerprint density at radius 3 is 2.44 bits per heavy atom. The SMILES string of the molecule is CCC(=O)c1ccc(-c2ccnn2C(C)C)cc1. The van der Waals surface area contributed by atoms with E-state index in [9.17, 15) is 4.79 Å². The van der Waals surface area contributed by atoms with E-state index in [1.54, 1.807) is 6.20 Å². The van der Waals surface area contributed by atoms with Crippen LogP contribution in [0.5, 0.6) is 0 Å². The molecule has 0 radical (unpaired) electrons. The highest BCUT2D eigenvalue weighted by atomic mass is 16.1. The van der Waals surface area contributed by atoms with Crippen LogP contribution in [0.1, 0.15) is 43.6 Å². The molecule has 3 heteroatoms. The van der Waals surface area contributed by atoms with Crippen LogP contribution < -0.4 is 0 Å². The van der Waals surface area contributed by atoms with Crippen molar-refractivity contribution >= 4 is 5.78 Å². The Balaban J connectivity index is 2.34. The van der Waals surface area contributed by atoms with Crippen molar-refractivity contribution in [3.8, 4) is 11.3 Å². The molecule has 2 rings (SSSR count). The summed E-state index contributed by atoms with van der Waals surface area (Å²) < 4.78 is 1.98. The summed E-state index contributed by atoms with van der Waals surface area (Å²) in [4.78, 5) is 11.6. The molecule has 0 aliphatic carbocycles. The zero-order valence-corrected chi connectivity index (χ0v) is 11.1. The van der Waals surface area contributed by atoms with E-state index in [0.717, 1.165) is 16.8 Å². The molecule has 0 aliphatic heterocycles. The number of Topliss-reactive ketones (excluding diaryl/α,β-unsaturated/α-hetero) is 1. The van der Waals surface area contributed by atoms with Crippen molar-refractivity contribution in [3.63, 3.8) is 0 Å². The number of carbonyl (C=O) groups is 1. The van der Waals surface area contributed by atoms with Crippen LogP contribution >= 0.6 is 0 Å². The summed E-state index contributed by atoms with van der Waals surface area (Å²) in [6.45, 7) is 6.08. The molecule has 18 heavy (non-hydrogen) atoms. The maximum atomic E-state index is 11.6. The predicted octanol–water partition coefficient (Wildman–Crippen LogP) is 3.72. The fraction of sp³-hybridized carbons (Fsp3) is 0.333. The number of rotatable bonds is 4. The van der Waals surface area contributed by atoms with Gasteiger partial charge in [0.15, 0.2) is 5.78 Å². The lowest BCUT2D eigenvalue weighted by Crippen LogP contribution is -2.04. The summed E-state index contributed by atoms with van der Waals surface area (Å²) in [6.07, 6.45) is 2.35.